The first-order valence-electron chi connectivity index (χ1n) is 3.12. The average Bonchev–Trinajstić information content (AvgIpc) is 1.86. The lowest BCUT2D eigenvalue weighted by Gasteiger charge is -2.25. The molecule has 10 heavy (non-hydrogen) atoms. The molecule has 60 valence electrons. The number of aliphatic carboxylic acids is 1. The minimum Gasteiger partial charge on any atom is -0.480 e. The van der Waals surface area contributed by atoms with Crippen LogP contribution < -0.4 is 5.73 Å². The van der Waals surface area contributed by atoms with E-state index in [1.807, 2.05) is 6.92 Å². The van der Waals surface area contributed by atoms with E-state index >= 15 is 0 Å². The number of carboxylic acid groups (broad SMARTS) is 1. The van der Waals surface area contributed by atoms with Crippen molar-refractivity contribution in [3.05, 3.63) is 0 Å². The van der Waals surface area contributed by atoms with Crippen LogP contribution in [0.25, 0.3) is 0 Å². The van der Waals surface area contributed by atoms with Gasteiger partial charge in [0.1, 0.15) is 6.04 Å². The van der Waals surface area contributed by atoms with Crippen molar-refractivity contribution in [2.45, 2.75) is 31.1 Å². The van der Waals surface area contributed by atoms with Gasteiger partial charge in [-0.2, -0.15) is 12.6 Å². The molecule has 0 amide bonds. The minimum atomic E-state index is -1.00. The van der Waals surface area contributed by atoms with E-state index in [0.29, 0.717) is 6.42 Å². The summed E-state index contributed by atoms with van der Waals surface area (Å²) in [6, 6.07) is -0.888. The zero-order valence-corrected chi connectivity index (χ0v) is 7.06. The summed E-state index contributed by atoms with van der Waals surface area (Å²) in [5.74, 6) is -1.00. The summed E-state index contributed by atoms with van der Waals surface area (Å²) < 4.78 is -0.605. The van der Waals surface area contributed by atoms with Crippen molar-refractivity contribution < 1.29 is 9.90 Å². The predicted octanol–water partition coefficient (Wildman–Crippen LogP) is 0.497. The van der Waals surface area contributed by atoms with Crippen molar-refractivity contribution in [2.75, 3.05) is 0 Å². The Labute approximate surface area is 66.0 Å². The highest BCUT2D eigenvalue weighted by atomic mass is 32.1. The van der Waals surface area contributed by atoms with Crippen LogP contribution in [-0.4, -0.2) is 21.9 Å². The maximum atomic E-state index is 10.3. The second kappa shape index (κ2) is 3.25. The molecule has 0 aliphatic carbocycles. The largest absolute Gasteiger partial charge is 0.480 e. The Balaban J connectivity index is 4.17. The van der Waals surface area contributed by atoms with Crippen molar-refractivity contribution >= 4 is 18.6 Å². The van der Waals surface area contributed by atoms with Gasteiger partial charge in [-0.05, 0) is 13.3 Å². The van der Waals surface area contributed by atoms with Gasteiger partial charge in [-0.1, -0.05) is 6.92 Å². The Morgan fingerprint density at radius 1 is 1.90 bits per heavy atom. The van der Waals surface area contributed by atoms with E-state index in [2.05, 4.69) is 12.6 Å². The van der Waals surface area contributed by atoms with Crippen molar-refractivity contribution in [2.24, 2.45) is 5.73 Å². The van der Waals surface area contributed by atoms with Gasteiger partial charge in [0.05, 0.1) is 0 Å². The SMILES string of the molecule is CC[C@](C)(S)[C@@H](N)C(=O)O. The number of rotatable bonds is 3. The molecule has 0 aliphatic rings. The van der Waals surface area contributed by atoms with Gasteiger partial charge in [-0.3, -0.25) is 4.79 Å². The molecule has 0 spiro atoms. The van der Waals surface area contributed by atoms with Crippen molar-refractivity contribution in [1.82, 2.24) is 0 Å². The van der Waals surface area contributed by atoms with Crippen LogP contribution in [-0.2, 0) is 4.79 Å². The zero-order valence-electron chi connectivity index (χ0n) is 6.16. The fraction of sp³-hybridized carbons (Fsp3) is 0.833. The second-order valence-electron chi connectivity index (χ2n) is 2.53. The molecule has 3 nitrogen and oxygen atoms in total. The second-order valence-corrected chi connectivity index (χ2v) is 3.55. The molecule has 0 aliphatic heterocycles. The first-order valence-corrected chi connectivity index (χ1v) is 3.57. The Hall–Kier alpha value is -0.220. The third kappa shape index (κ3) is 2.19. The highest BCUT2D eigenvalue weighted by Gasteiger charge is 2.30. The normalized spacial score (nSPS) is 19.6. The van der Waals surface area contributed by atoms with E-state index in [4.69, 9.17) is 10.8 Å². The molecule has 0 heterocycles. The molecule has 0 fully saturated rings. The molecule has 0 aromatic rings. The van der Waals surface area contributed by atoms with Gasteiger partial charge in [0, 0.05) is 4.75 Å². The first kappa shape index (κ1) is 9.78. The minimum absolute atomic E-state index is 0.605. The van der Waals surface area contributed by atoms with Gasteiger partial charge in [0.25, 0.3) is 0 Å². The monoisotopic (exact) mass is 163 g/mol. The fourth-order valence-electron chi connectivity index (χ4n) is 0.486. The Kier molecular flexibility index (Phi) is 3.18. The van der Waals surface area contributed by atoms with Crippen molar-refractivity contribution in [1.29, 1.82) is 0 Å². The number of hydrogen-bond acceptors (Lipinski definition) is 3. The molecule has 0 aromatic carbocycles. The first-order chi connectivity index (χ1) is 4.41. The van der Waals surface area contributed by atoms with E-state index in [9.17, 15) is 4.79 Å². The lowest BCUT2D eigenvalue weighted by atomic mass is 9.99. The summed E-state index contributed by atoms with van der Waals surface area (Å²) in [6.45, 7) is 3.57. The van der Waals surface area contributed by atoms with Gasteiger partial charge in [-0.25, -0.2) is 0 Å². The summed E-state index contributed by atoms with van der Waals surface area (Å²) in [5, 5.41) is 8.47. The lowest BCUT2D eigenvalue weighted by molar-refractivity contribution is -0.139. The molecular formula is C6H13NO2S. The van der Waals surface area contributed by atoms with Gasteiger partial charge in [0.15, 0.2) is 0 Å². The molecule has 0 rings (SSSR count). The van der Waals surface area contributed by atoms with E-state index in [-0.39, 0.29) is 0 Å². The Morgan fingerprint density at radius 3 is 2.40 bits per heavy atom. The maximum absolute atomic E-state index is 10.3. The molecule has 0 saturated carbocycles. The van der Waals surface area contributed by atoms with Crippen LogP contribution in [0.1, 0.15) is 20.3 Å². The van der Waals surface area contributed by atoms with E-state index in [0.717, 1.165) is 0 Å². The van der Waals surface area contributed by atoms with E-state index in [1.54, 1.807) is 6.92 Å². The quantitative estimate of drug-likeness (QED) is 0.531. The van der Waals surface area contributed by atoms with Crippen LogP contribution >= 0.6 is 12.6 Å². The molecule has 0 saturated heterocycles. The summed E-state index contributed by atoms with van der Waals surface area (Å²) >= 11 is 4.12. The standard InChI is InChI=1S/C6H13NO2S/c1-3-6(2,10)4(7)5(8)9/h4,10H,3,7H2,1-2H3,(H,8,9)/t4-,6-/m0/s1. The molecule has 2 atom stereocenters. The average molecular weight is 163 g/mol. The van der Waals surface area contributed by atoms with Gasteiger partial charge in [-0.15, -0.1) is 0 Å². The Morgan fingerprint density at radius 2 is 2.30 bits per heavy atom. The number of carboxylic acids is 1. The van der Waals surface area contributed by atoms with Gasteiger partial charge in [0.2, 0.25) is 0 Å². The third-order valence-corrected chi connectivity index (χ3v) is 2.25. The third-order valence-electron chi connectivity index (χ3n) is 1.65. The topological polar surface area (TPSA) is 63.3 Å². The fourth-order valence-corrected chi connectivity index (χ4v) is 0.596. The van der Waals surface area contributed by atoms with Crippen LogP contribution in [0, 0.1) is 0 Å². The molecule has 3 N–H and O–H groups in total. The highest BCUT2D eigenvalue weighted by Crippen LogP contribution is 2.21. The van der Waals surface area contributed by atoms with Crippen molar-refractivity contribution in [3.8, 4) is 0 Å². The summed E-state index contributed by atoms with van der Waals surface area (Å²) in [4.78, 5) is 10.3. The highest BCUT2D eigenvalue weighted by molar-refractivity contribution is 7.81. The molecular weight excluding hydrogens is 150 g/mol. The van der Waals surface area contributed by atoms with Crippen molar-refractivity contribution in [3.63, 3.8) is 0 Å². The molecule has 0 bridgehead atoms. The van der Waals surface area contributed by atoms with E-state index < -0.39 is 16.8 Å². The van der Waals surface area contributed by atoms with Gasteiger partial charge >= 0.3 is 5.97 Å². The van der Waals surface area contributed by atoms with Crippen LogP contribution in [0.5, 0.6) is 0 Å². The van der Waals surface area contributed by atoms with Crippen LogP contribution in [0.2, 0.25) is 0 Å². The number of nitrogens with two attached hydrogens (primary N) is 1. The van der Waals surface area contributed by atoms with Crippen LogP contribution in [0.4, 0.5) is 0 Å². The summed E-state index contributed by atoms with van der Waals surface area (Å²) in [6.07, 6.45) is 0.642. The molecule has 0 aromatic heterocycles. The number of thiol groups is 1. The summed E-state index contributed by atoms with van der Waals surface area (Å²) in [7, 11) is 0. The maximum Gasteiger partial charge on any atom is 0.321 e. The van der Waals surface area contributed by atoms with Crippen LogP contribution in [0.15, 0.2) is 0 Å². The van der Waals surface area contributed by atoms with E-state index in [1.165, 1.54) is 0 Å². The predicted molar refractivity (Wildman–Crippen MR) is 43.3 cm³/mol. The lowest BCUT2D eigenvalue weighted by Crippen LogP contribution is -2.46. The number of carbonyl (C=O) groups is 1. The zero-order chi connectivity index (χ0) is 8.36. The van der Waals surface area contributed by atoms with Gasteiger partial charge < -0.3 is 10.8 Å². The number of hydrogen-bond donors (Lipinski definition) is 3. The van der Waals surface area contributed by atoms with Crippen LogP contribution in [0.3, 0.4) is 0 Å². The smallest absolute Gasteiger partial charge is 0.321 e. The molecule has 0 unspecified atom stereocenters. The summed E-state index contributed by atoms with van der Waals surface area (Å²) in [5.41, 5.74) is 5.33. The Bertz CT molecular complexity index is 136. The molecule has 0 radical (unpaired) electrons. The molecule has 4 heteroatoms.